The standard InChI is InChI=1S/C15H22FN3O2/c1-10-7-12(13(19(20)21)8-11(10)16)18-9-14-15(2,3)5-4-6-17-14/h7-8,14,17-18H,4-6,9H2,1-3H3. The van der Waals surface area contributed by atoms with E-state index >= 15 is 0 Å². The van der Waals surface area contributed by atoms with Gasteiger partial charge in [-0.25, -0.2) is 4.39 Å². The summed E-state index contributed by atoms with van der Waals surface area (Å²) in [6, 6.07) is 2.72. The van der Waals surface area contributed by atoms with E-state index in [9.17, 15) is 14.5 Å². The van der Waals surface area contributed by atoms with Gasteiger partial charge in [-0.1, -0.05) is 13.8 Å². The van der Waals surface area contributed by atoms with Gasteiger partial charge in [0.25, 0.3) is 5.69 Å². The number of nitrogens with one attached hydrogen (secondary N) is 2. The molecule has 1 aromatic rings. The average Bonchev–Trinajstić information content (AvgIpc) is 2.40. The highest BCUT2D eigenvalue weighted by atomic mass is 19.1. The number of rotatable bonds is 4. The van der Waals surface area contributed by atoms with E-state index in [1.165, 1.54) is 6.07 Å². The first-order chi connectivity index (χ1) is 9.81. The highest BCUT2D eigenvalue weighted by molar-refractivity contribution is 5.63. The summed E-state index contributed by atoms with van der Waals surface area (Å²) in [5, 5.41) is 17.6. The number of halogens is 1. The molecule has 116 valence electrons. The van der Waals surface area contributed by atoms with Crippen LogP contribution in [-0.2, 0) is 0 Å². The molecule has 0 aliphatic carbocycles. The molecule has 0 radical (unpaired) electrons. The Labute approximate surface area is 124 Å². The van der Waals surface area contributed by atoms with Crippen LogP contribution in [0.2, 0.25) is 0 Å². The van der Waals surface area contributed by atoms with Crippen LogP contribution in [0.1, 0.15) is 32.3 Å². The largest absolute Gasteiger partial charge is 0.378 e. The first kappa shape index (κ1) is 15.7. The van der Waals surface area contributed by atoms with Crippen LogP contribution in [0.15, 0.2) is 12.1 Å². The molecule has 1 atom stereocenters. The Kier molecular flexibility index (Phi) is 4.46. The minimum atomic E-state index is -0.552. The van der Waals surface area contributed by atoms with Crippen molar-refractivity contribution in [1.29, 1.82) is 0 Å². The van der Waals surface area contributed by atoms with Crippen molar-refractivity contribution >= 4 is 11.4 Å². The summed E-state index contributed by atoms with van der Waals surface area (Å²) in [4.78, 5) is 10.5. The van der Waals surface area contributed by atoms with Gasteiger partial charge in [0.1, 0.15) is 11.5 Å². The molecule has 1 aliphatic rings. The van der Waals surface area contributed by atoms with Crippen LogP contribution in [0.4, 0.5) is 15.8 Å². The molecule has 6 heteroatoms. The number of nitrogens with zero attached hydrogens (tertiary/aromatic N) is 1. The number of hydrogen-bond donors (Lipinski definition) is 2. The van der Waals surface area contributed by atoms with E-state index in [0.717, 1.165) is 25.5 Å². The zero-order valence-corrected chi connectivity index (χ0v) is 12.7. The highest BCUT2D eigenvalue weighted by Crippen LogP contribution is 2.32. The van der Waals surface area contributed by atoms with Crippen molar-refractivity contribution in [3.05, 3.63) is 33.6 Å². The fraction of sp³-hybridized carbons (Fsp3) is 0.600. The van der Waals surface area contributed by atoms with Crippen molar-refractivity contribution in [3.63, 3.8) is 0 Å². The number of nitro groups is 1. The maximum Gasteiger partial charge on any atom is 0.295 e. The Balaban J connectivity index is 2.16. The lowest BCUT2D eigenvalue weighted by Crippen LogP contribution is -2.50. The van der Waals surface area contributed by atoms with E-state index in [2.05, 4.69) is 24.5 Å². The van der Waals surface area contributed by atoms with Crippen molar-refractivity contribution in [3.8, 4) is 0 Å². The molecule has 1 saturated heterocycles. The van der Waals surface area contributed by atoms with Gasteiger partial charge < -0.3 is 10.6 Å². The second-order valence-corrected chi connectivity index (χ2v) is 6.36. The van der Waals surface area contributed by atoms with Gasteiger partial charge in [-0.3, -0.25) is 10.1 Å². The van der Waals surface area contributed by atoms with Crippen molar-refractivity contribution in [2.75, 3.05) is 18.4 Å². The van der Waals surface area contributed by atoms with Crippen LogP contribution in [0.3, 0.4) is 0 Å². The monoisotopic (exact) mass is 295 g/mol. The summed E-state index contributed by atoms with van der Waals surface area (Å²) in [5.74, 6) is -0.552. The summed E-state index contributed by atoms with van der Waals surface area (Å²) >= 11 is 0. The SMILES string of the molecule is Cc1cc(NCC2NCCCC2(C)C)c([N+](=O)[O-])cc1F. The number of nitro benzene ring substituents is 1. The smallest absolute Gasteiger partial charge is 0.295 e. The van der Waals surface area contributed by atoms with Crippen LogP contribution in [0.5, 0.6) is 0 Å². The van der Waals surface area contributed by atoms with Crippen molar-refractivity contribution < 1.29 is 9.31 Å². The molecule has 5 nitrogen and oxygen atoms in total. The topological polar surface area (TPSA) is 67.2 Å². The van der Waals surface area contributed by atoms with Gasteiger partial charge in [0.15, 0.2) is 0 Å². The van der Waals surface area contributed by atoms with Crippen LogP contribution >= 0.6 is 0 Å². The second kappa shape index (κ2) is 5.97. The summed E-state index contributed by atoms with van der Waals surface area (Å²) in [6.07, 6.45) is 2.26. The van der Waals surface area contributed by atoms with Gasteiger partial charge in [-0.2, -0.15) is 0 Å². The normalized spacial score (nSPS) is 21.0. The van der Waals surface area contributed by atoms with Crippen LogP contribution in [0.25, 0.3) is 0 Å². The number of hydrogen-bond acceptors (Lipinski definition) is 4. The highest BCUT2D eigenvalue weighted by Gasteiger charge is 2.32. The molecule has 1 aromatic carbocycles. The third-order valence-electron chi connectivity index (χ3n) is 4.30. The van der Waals surface area contributed by atoms with Gasteiger partial charge in [0.05, 0.1) is 11.0 Å². The van der Waals surface area contributed by atoms with E-state index in [4.69, 9.17) is 0 Å². The summed E-state index contributed by atoms with van der Waals surface area (Å²) in [6.45, 7) is 7.53. The van der Waals surface area contributed by atoms with Crippen LogP contribution in [0, 0.1) is 28.3 Å². The predicted molar refractivity (Wildman–Crippen MR) is 81.1 cm³/mol. The molecular weight excluding hydrogens is 273 g/mol. The predicted octanol–water partition coefficient (Wildman–Crippen LogP) is 3.23. The van der Waals surface area contributed by atoms with Gasteiger partial charge in [-0.05, 0) is 43.4 Å². The average molecular weight is 295 g/mol. The van der Waals surface area contributed by atoms with Gasteiger partial charge in [-0.15, -0.1) is 0 Å². The van der Waals surface area contributed by atoms with Crippen LogP contribution in [-0.4, -0.2) is 24.1 Å². The molecule has 0 spiro atoms. The molecular formula is C15H22FN3O2. The zero-order valence-electron chi connectivity index (χ0n) is 12.7. The molecule has 1 fully saturated rings. The fourth-order valence-corrected chi connectivity index (χ4v) is 2.79. The third-order valence-corrected chi connectivity index (χ3v) is 4.30. The quantitative estimate of drug-likeness (QED) is 0.661. The molecule has 2 N–H and O–H groups in total. The Morgan fingerprint density at radius 3 is 2.86 bits per heavy atom. The molecule has 21 heavy (non-hydrogen) atoms. The second-order valence-electron chi connectivity index (χ2n) is 6.36. The molecule has 1 heterocycles. The molecule has 0 bridgehead atoms. The molecule has 2 rings (SSSR count). The summed E-state index contributed by atoms with van der Waals surface area (Å²) in [7, 11) is 0. The van der Waals surface area contributed by atoms with E-state index in [1.54, 1.807) is 6.92 Å². The number of piperidine rings is 1. The van der Waals surface area contributed by atoms with E-state index in [0.29, 0.717) is 17.8 Å². The first-order valence-electron chi connectivity index (χ1n) is 7.23. The molecule has 0 aromatic heterocycles. The maximum atomic E-state index is 13.5. The fourth-order valence-electron chi connectivity index (χ4n) is 2.79. The van der Waals surface area contributed by atoms with E-state index in [1.807, 2.05) is 0 Å². The van der Waals surface area contributed by atoms with Gasteiger partial charge >= 0.3 is 0 Å². The molecule has 1 aliphatic heterocycles. The molecule has 1 unspecified atom stereocenters. The summed E-state index contributed by atoms with van der Waals surface area (Å²) in [5.41, 5.74) is 0.697. The Morgan fingerprint density at radius 1 is 1.52 bits per heavy atom. The molecule has 0 saturated carbocycles. The molecule has 0 amide bonds. The minimum absolute atomic E-state index is 0.134. The van der Waals surface area contributed by atoms with Crippen LogP contribution < -0.4 is 10.6 Å². The minimum Gasteiger partial charge on any atom is -0.378 e. The number of benzene rings is 1. The maximum absolute atomic E-state index is 13.5. The van der Waals surface area contributed by atoms with Crippen molar-refractivity contribution in [2.24, 2.45) is 5.41 Å². The van der Waals surface area contributed by atoms with E-state index in [-0.39, 0.29) is 17.1 Å². The van der Waals surface area contributed by atoms with E-state index < -0.39 is 10.7 Å². The number of aryl methyl sites for hydroxylation is 1. The zero-order chi connectivity index (χ0) is 15.6. The lowest BCUT2D eigenvalue weighted by molar-refractivity contribution is -0.384. The Hall–Kier alpha value is -1.69. The first-order valence-corrected chi connectivity index (χ1v) is 7.23. The summed E-state index contributed by atoms with van der Waals surface area (Å²) < 4.78 is 13.5. The van der Waals surface area contributed by atoms with Crippen molar-refractivity contribution in [2.45, 2.75) is 39.7 Å². The van der Waals surface area contributed by atoms with Gasteiger partial charge in [0.2, 0.25) is 0 Å². The lowest BCUT2D eigenvalue weighted by atomic mass is 9.77. The van der Waals surface area contributed by atoms with Crippen molar-refractivity contribution in [1.82, 2.24) is 5.32 Å². The Bertz CT molecular complexity index is 546. The van der Waals surface area contributed by atoms with Gasteiger partial charge in [0, 0.05) is 12.6 Å². The third kappa shape index (κ3) is 3.50. The number of anilines is 1. The Morgan fingerprint density at radius 2 is 2.24 bits per heavy atom. The lowest BCUT2D eigenvalue weighted by Gasteiger charge is -2.39.